The Morgan fingerprint density at radius 2 is 2.62 bits per heavy atom. The molecule has 1 rings (SSSR count). The first-order chi connectivity index (χ1) is 6.33. The van der Waals surface area contributed by atoms with Crippen LogP contribution in [0.3, 0.4) is 0 Å². The number of carbonyl (C=O) groups is 1. The molecule has 1 N–H and O–H groups in total. The van der Waals surface area contributed by atoms with Crippen LogP contribution in [0.1, 0.15) is 11.4 Å². The molecule has 70 valence electrons. The predicted molar refractivity (Wildman–Crippen MR) is 53.6 cm³/mol. The molecule has 0 aromatic carbocycles. The molecular weight excluding hydrogens is 184 g/mol. The van der Waals surface area contributed by atoms with Crippen molar-refractivity contribution in [2.75, 3.05) is 6.54 Å². The van der Waals surface area contributed by atoms with Gasteiger partial charge in [-0.15, -0.1) is 17.9 Å². The maximum absolute atomic E-state index is 11.1. The topological polar surface area (TPSA) is 42.0 Å². The molecule has 1 aromatic rings. The third-order valence-corrected chi connectivity index (χ3v) is 2.33. The van der Waals surface area contributed by atoms with Gasteiger partial charge in [0, 0.05) is 31.0 Å². The minimum absolute atomic E-state index is 0.0510. The molecule has 3 nitrogen and oxygen atoms in total. The zero-order valence-corrected chi connectivity index (χ0v) is 8.14. The van der Waals surface area contributed by atoms with Gasteiger partial charge in [-0.3, -0.25) is 4.79 Å². The van der Waals surface area contributed by atoms with Crippen LogP contribution >= 0.6 is 11.3 Å². The van der Waals surface area contributed by atoms with Gasteiger partial charge in [-0.25, -0.2) is 4.98 Å². The number of amides is 1. The Balaban J connectivity index is 2.19. The van der Waals surface area contributed by atoms with E-state index in [-0.39, 0.29) is 5.91 Å². The van der Waals surface area contributed by atoms with Crippen molar-refractivity contribution in [2.45, 2.75) is 12.8 Å². The van der Waals surface area contributed by atoms with Crippen LogP contribution in [0.25, 0.3) is 0 Å². The van der Waals surface area contributed by atoms with Gasteiger partial charge in [0.2, 0.25) is 5.91 Å². The molecule has 0 bridgehead atoms. The molecule has 1 heterocycles. The van der Waals surface area contributed by atoms with Crippen LogP contribution in [0, 0.1) is 0 Å². The van der Waals surface area contributed by atoms with Crippen LogP contribution in [-0.2, 0) is 11.2 Å². The summed E-state index contributed by atoms with van der Waals surface area (Å²) in [4.78, 5) is 15.2. The molecule has 0 saturated heterocycles. The van der Waals surface area contributed by atoms with Gasteiger partial charge in [0.1, 0.15) is 0 Å². The Morgan fingerprint density at radius 3 is 3.23 bits per heavy atom. The third kappa shape index (κ3) is 3.85. The third-order valence-electron chi connectivity index (χ3n) is 1.49. The summed E-state index contributed by atoms with van der Waals surface area (Å²) >= 11 is 1.58. The molecule has 1 aromatic heterocycles. The Bertz CT molecular complexity index is 269. The van der Waals surface area contributed by atoms with E-state index in [1.165, 1.54) is 0 Å². The normalized spacial score (nSPS) is 9.54. The number of aryl methyl sites for hydroxylation is 1. The summed E-state index contributed by atoms with van der Waals surface area (Å²) in [6.45, 7) is 4.06. The molecule has 0 aliphatic rings. The van der Waals surface area contributed by atoms with Crippen LogP contribution in [-0.4, -0.2) is 17.4 Å². The van der Waals surface area contributed by atoms with E-state index in [9.17, 15) is 4.79 Å². The van der Waals surface area contributed by atoms with Gasteiger partial charge in [0.25, 0.3) is 0 Å². The SMILES string of the molecule is C=CCNC(=O)CCc1nccs1. The first-order valence-corrected chi connectivity index (χ1v) is 4.97. The molecule has 13 heavy (non-hydrogen) atoms. The van der Waals surface area contributed by atoms with Crippen molar-refractivity contribution in [3.8, 4) is 0 Å². The zero-order valence-electron chi connectivity index (χ0n) is 7.32. The van der Waals surface area contributed by atoms with Gasteiger partial charge in [0.15, 0.2) is 0 Å². The van der Waals surface area contributed by atoms with E-state index in [1.807, 2.05) is 5.38 Å². The predicted octanol–water partition coefficient (Wildman–Crippen LogP) is 1.38. The fourth-order valence-corrected chi connectivity index (χ4v) is 1.49. The van der Waals surface area contributed by atoms with Crippen LogP contribution < -0.4 is 5.32 Å². The van der Waals surface area contributed by atoms with Gasteiger partial charge in [-0.1, -0.05) is 6.08 Å². The summed E-state index contributed by atoms with van der Waals surface area (Å²) < 4.78 is 0. The first kappa shape index (κ1) is 9.92. The molecule has 0 radical (unpaired) electrons. The fraction of sp³-hybridized carbons (Fsp3) is 0.333. The summed E-state index contributed by atoms with van der Waals surface area (Å²) in [5.74, 6) is 0.0510. The Hall–Kier alpha value is -1.16. The van der Waals surface area contributed by atoms with E-state index >= 15 is 0 Å². The lowest BCUT2D eigenvalue weighted by molar-refractivity contribution is -0.120. The van der Waals surface area contributed by atoms with Crippen molar-refractivity contribution in [1.82, 2.24) is 10.3 Å². The summed E-state index contributed by atoms with van der Waals surface area (Å²) in [7, 11) is 0. The van der Waals surface area contributed by atoms with Crippen LogP contribution in [0.15, 0.2) is 24.2 Å². The van der Waals surface area contributed by atoms with Crippen molar-refractivity contribution in [1.29, 1.82) is 0 Å². The van der Waals surface area contributed by atoms with Crippen LogP contribution in [0.4, 0.5) is 0 Å². The van der Waals surface area contributed by atoms with E-state index in [0.717, 1.165) is 11.4 Å². The number of nitrogens with one attached hydrogen (secondary N) is 1. The molecular formula is C9H12N2OS. The number of rotatable bonds is 5. The average Bonchev–Trinajstić information content (AvgIpc) is 2.64. The maximum atomic E-state index is 11.1. The van der Waals surface area contributed by atoms with E-state index in [1.54, 1.807) is 23.6 Å². The maximum Gasteiger partial charge on any atom is 0.220 e. The lowest BCUT2D eigenvalue weighted by Gasteiger charge is -1.99. The molecule has 0 saturated carbocycles. The highest BCUT2D eigenvalue weighted by Gasteiger charge is 2.01. The largest absolute Gasteiger partial charge is 0.353 e. The summed E-state index contributed by atoms with van der Waals surface area (Å²) in [6.07, 6.45) is 4.64. The Morgan fingerprint density at radius 1 is 1.77 bits per heavy atom. The Labute approximate surface area is 81.5 Å². The minimum atomic E-state index is 0.0510. The van der Waals surface area contributed by atoms with Crippen molar-refractivity contribution in [3.05, 3.63) is 29.2 Å². The summed E-state index contributed by atoms with van der Waals surface area (Å²) in [5, 5.41) is 5.64. The average molecular weight is 196 g/mol. The van der Waals surface area contributed by atoms with Crippen molar-refractivity contribution in [2.24, 2.45) is 0 Å². The number of nitrogens with zero attached hydrogens (tertiary/aromatic N) is 1. The lowest BCUT2D eigenvalue weighted by atomic mass is 10.3. The number of aromatic nitrogens is 1. The summed E-state index contributed by atoms with van der Waals surface area (Å²) in [5.41, 5.74) is 0. The highest BCUT2D eigenvalue weighted by atomic mass is 32.1. The van der Waals surface area contributed by atoms with Crippen molar-refractivity contribution in [3.63, 3.8) is 0 Å². The smallest absolute Gasteiger partial charge is 0.220 e. The van der Waals surface area contributed by atoms with Gasteiger partial charge < -0.3 is 5.32 Å². The second-order valence-electron chi connectivity index (χ2n) is 2.52. The van der Waals surface area contributed by atoms with E-state index in [4.69, 9.17) is 0 Å². The highest BCUT2D eigenvalue weighted by molar-refractivity contribution is 7.09. The summed E-state index contributed by atoms with van der Waals surface area (Å²) in [6, 6.07) is 0. The standard InChI is InChI=1S/C9H12N2OS/c1-2-5-10-8(12)3-4-9-11-6-7-13-9/h2,6-7H,1,3-5H2,(H,10,12). The van der Waals surface area contributed by atoms with Crippen molar-refractivity contribution < 1.29 is 4.79 Å². The molecule has 0 atom stereocenters. The lowest BCUT2D eigenvalue weighted by Crippen LogP contribution is -2.23. The van der Waals surface area contributed by atoms with E-state index in [0.29, 0.717) is 13.0 Å². The molecule has 0 fully saturated rings. The molecule has 0 aliphatic carbocycles. The zero-order chi connectivity index (χ0) is 9.52. The molecule has 0 aliphatic heterocycles. The number of carbonyl (C=O) groups excluding carboxylic acids is 1. The van der Waals surface area contributed by atoms with E-state index < -0.39 is 0 Å². The van der Waals surface area contributed by atoms with Crippen LogP contribution in [0.5, 0.6) is 0 Å². The van der Waals surface area contributed by atoms with Crippen molar-refractivity contribution >= 4 is 17.2 Å². The first-order valence-electron chi connectivity index (χ1n) is 4.09. The molecule has 0 unspecified atom stereocenters. The van der Waals surface area contributed by atoms with Gasteiger partial charge in [-0.05, 0) is 0 Å². The Kier molecular flexibility index (Phi) is 4.18. The molecule has 1 amide bonds. The number of hydrogen-bond acceptors (Lipinski definition) is 3. The fourth-order valence-electron chi connectivity index (χ4n) is 0.871. The highest BCUT2D eigenvalue weighted by Crippen LogP contribution is 2.06. The number of hydrogen-bond donors (Lipinski definition) is 1. The number of thiazole rings is 1. The molecule has 4 heteroatoms. The second kappa shape index (κ2) is 5.48. The van der Waals surface area contributed by atoms with Gasteiger partial charge in [0.05, 0.1) is 5.01 Å². The minimum Gasteiger partial charge on any atom is -0.353 e. The van der Waals surface area contributed by atoms with Crippen LogP contribution in [0.2, 0.25) is 0 Å². The van der Waals surface area contributed by atoms with E-state index in [2.05, 4.69) is 16.9 Å². The monoisotopic (exact) mass is 196 g/mol. The quantitative estimate of drug-likeness (QED) is 0.723. The van der Waals surface area contributed by atoms with Gasteiger partial charge in [-0.2, -0.15) is 0 Å². The second-order valence-corrected chi connectivity index (χ2v) is 3.50. The van der Waals surface area contributed by atoms with Gasteiger partial charge >= 0.3 is 0 Å². The molecule has 0 spiro atoms.